The summed E-state index contributed by atoms with van der Waals surface area (Å²) < 4.78 is 5.72. The third kappa shape index (κ3) is 2.20. The molecule has 2 heterocycles. The smallest absolute Gasteiger partial charge is 0.201 e. The van der Waals surface area contributed by atoms with Crippen molar-refractivity contribution in [3.63, 3.8) is 0 Å². The Bertz CT molecular complexity index is 418. The van der Waals surface area contributed by atoms with E-state index in [1.165, 1.54) is 17.5 Å². The lowest BCUT2D eigenvalue weighted by molar-refractivity contribution is 0.304. The van der Waals surface area contributed by atoms with E-state index in [0.29, 0.717) is 12.6 Å². The first-order chi connectivity index (χ1) is 8.33. The first-order valence-corrected chi connectivity index (χ1v) is 6.33. The fourth-order valence-electron chi connectivity index (χ4n) is 2.44. The highest BCUT2D eigenvalue weighted by Crippen LogP contribution is 2.25. The molecule has 1 fully saturated rings. The molecular formula is C14H18N2O. The van der Waals surface area contributed by atoms with E-state index in [2.05, 4.69) is 36.5 Å². The van der Waals surface area contributed by atoms with Gasteiger partial charge in [0, 0.05) is 0 Å². The van der Waals surface area contributed by atoms with E-state index in [9.17, 15) is 0 Å². The minimum Gasteiger partial charge on any atom is -0.477 e. The van der Waals surface area contributed by atoms with Gasteiger partial charge in [-0.3, -0.25) is 0 Å². The number of hydrogen-bond donors (Lipinski definition) is 1. The highest BCUT2D eigenvalue weighted by atomic mass is 16.5. The minimum atomic E-state index is 0.188. The van der Waals surface area contributed by atoms with Crippen molar-refractivity contribution < 1.29 is 4.74 Å². The Morgan fingerprint density at radius 1 is 1.29 bits per heavy atom. The molecule has 1 aromatic rings. The zero-order chi connectivity index (χ0) is 11.7. The molecule has 0 spiro atoms. The van der Waals surface area contributed by atoms with E-state index in [1.54, 1.807) is 0 Å². The van der Waals surface area contributed by atoms with Crippen molar-refractivity contribution in [1.82, 2.24) is 5.32 Å². The predicted molar refractivity (Wildman–Crippen MR) is 68.3 cm³/mol. The van der Waals surface area contributed by atoms with E-state index < -0.39 is 0 Å². The average molecular weight is 230 g/mol. The number of aryl methyl sites for hydroxylation is 1. The number of ether oxygens (including phenoxy) is 1. The summed E-state index contributed by atoms with van der Waals surface area (Å²) in [6.07, 6.45) is 2.38. The van der Waals surface area contributed by atoms with Gasteiger partial charge in [-0.2, -0.15) is 0 Å². The molecule has 2 atom stereocenters. The molecule has 2 unspecified atom stereocenters. The van der Waals surface area contributed by atoms with Crippen LogP contribution in [0.2, 0.25) is 0 Å². The predicted octanol–water partition coefficient (Wildman–Crippen LogP) is 2.22. The summed E-state index contributed by atoms with van der Waals surface area (Å²) in [4.78, 5) is 4.70. The maximum absolute atomic E-state index is 5.72. The summed E-state index contributed by atoms with van der Waals surface area (Å²) in [6.45, 7) is 3.88. The van der Waals surface area contributed by atoms with E-state index in [0.717, 1.165) is 18.9 Å². The number of hydrogen-bond acceptors (Lipinski definition) is 3. The zero-order valence-corrected chi connectivity index (χ0v) is 10.1. The van der Waals surface area contributed by atoms with Crippen LogP contribution in [-0.2, 0) is 4.74 Å². The van der Waals surface area contributed by atoms with Gasteiger partial charge in [0.05, 0.1) is 6.04 Å². The topological polar surface area (TPSA) is 33.6 Å². The van der Waals surface area contributed by atoms with Crippen LogP contribution in [0.5, 0.6) is 0 Å². The molecule has 3 heteroatoms. The molecule has 0 aromatic heterocycles. The van der Waals surface area contributed by atoms with Gasteiger partial charge in [-0.05, 0) is 31.9 Å². The monoisotopic (exact) mass is 230 g/mol. The Kier molecular flexibility index (Phi) is 2.85. The lowest BCUT2D eigenvalue weighted by Gasteiger charge is -2.08. The maximum atomic E-state index is 5.72. The van der Waals surface area contributed by atoms with Crippen molar-refractivity contribution in [3.05, 3.63) is 35.4 Å². The van der Waals surface area contributed by atoms with E-state index in [4.69, 9.17) is 9.73 Å². The highest BCUT2D eigenvalue weighted by molar-refractivity contribution is 5.83. The third-order valence-corrected chi connectivity index (χ3v) is 3.49. The van der Waals surface area contributed by atoms with Gasteiger partial charge in [0.15, 0.2) is 0 Å². The van der Waals surface area contributed by atoms with Crippen LogP contribution in [-0.4, -0.2) is 25.1 Å². The fourth-order valence-corrected chi connectivity index (χ4v) is 2.44. The molecule has 0 amide bonds. The second-order valence-electron chi connectivity index (χ2n) is 4.85. The number of benzene rings is 1. The summed E-state index contributed by atoms with van der Waals surface area (Å²) >= 11 is 0. The van der Waals surface area contributed by atoms with Crippen LogP contribution in [0, 0.1) is 6.92 Å². The number of nitrogens with zero attached hydrogens (tertiary/aromatic N) is 1. The summed E-state index contributed by atoms with van der Waals surface area (Å²) in [6, 6.07) is 9.11. The maximum Gasteiger partial charge on any atom is 0.201 e. The van der Waals surface area contributed by atoms with Gasteiger partial charge >= 0.3 is 0 Å². The van der Waals surface area contributed by atoms with Crippen LogP contribution in [0.3, 0.4) is 0 Å². The SMILES string of the molecule is Cc1ccc(C2COC(C3CCCN3)=N2)cc1. The molecule has 3 nitrogen and oxygen atoms in total. The van der Waals surface area contributed by atoms with Crippen molar-refractivity contribution in [2.75, 3.05) is 13.2 Å². The second kappa shape index (κ2) is 4.49. The van der Waals surface area contributed by atoms with Gasteiger partial charge in [-0.25, -0.2) is 4.99 Å². The molecule has 0 bridgehead atoms. The quantitative estimate of drug-likeness (QED) is 0.845. The lowest BCUT2D eigenvalue weighted by Crippen LogP contribution is -2.30. The highest BCUT2D eigenvalue weighted by Gasteiger charge is 2.28. The van der Waals surface area contributed by atoms with Gasteiger partial charge in [0.1, 0.15) is 12.6 Å². The molecule has 2 aliphatic rings. The number of nitrogens with one attached hydrogen (secondary N) is 1. The fraction of sp³-hybridized carbons (Fsp3) is 0.500. The van der Waals surface area contributed by atoms with Crippen molar-refractivity contribution in [2.45, 2.75) is 31.8 Å². The van der Waals surface area contributed by atoms with Crippen molar-refractivity contribution in [3.8, 4) is 0 Å². The largest absolute Gasteiger partial charge is 0.477 e. The Balaban J connectivity index is 1.75. The van der Waals surface area contributed by atoms with E-state index >= 15 is 0 Å². The lowest BCUT2D eigenvalue weighted by atomic mass is 10.1. The Morgan fingerprint density at radius 3 is 2.82 bits per heavy atom. The van der Waals surface area contributed by atoms with Crippen LogP contribution in [0.25, 0.3) is 0 Å². The molecule has 1 N–H and O–H groups in total. The van der Waals surface area contributed by atoms with Gasteiger partial charge < -0.3 is 10.1 Å². The molecule has 1 aromatic carbocycles. The Morgan fingerprint density at radius 2 is 2.12 bits per heavy atom. The van der Waals surface area contributed by atoms with Crippen LogP contribution >= 0.6 is 0 Å². The number of rotatable bonds is 2. The van der Waals surface area contributed by atoms with Crippen LogP contribution in [0.4, 0.5) is 0 Å². The molecule has 1 saturated heterocycles. The Labute approximate surface area is 102 Å². The second-order valence-corrected chi connectivity index (χ2v) is 4.85. The standard InChI is InChI=1S/C14H18N2O/c1-10-4-6-11(7-5-10)13-9-17-14(16-13)12-3-2-8-15-12/h4-7,12-13,15H,2-3,8-9H2,1H3. The summed E-state index contributed by atoms with van der Waals surface area (Å²) in [5.41, 5.74) is 2.54. The van der Waals surface area contributed by atoms with Crippen molar-refractivity contribution in [2.24, 2.45) is 4.99 Å². The minimum absolute atomic E-state index is 0.188. The molecule has 90 valence electrons. The molecule has 0 radical (unpaired) electrons. The first kappa shape index (κ1) is 10.8. The molecule has 17 heavy (non-hydrogen) atoms. The first-order valence-electron chi connectivity index (χ1n) is 6.33. The van der Waals surface area contributed by atoms with Gasteiger partial charge in [-0.15, -0.1) is 0 Å². The summed E-state index contributed by atoms with van der Waals surface area (Å²) in [5, 5.41) is 3.42. The number of aliphatic imine (C=N–C) groups is 1. The Hall–Kier alpha value is -1.35. The molecule has 2 aliphatic heterocycles. The van der Waals surface area contributed by atoms with Crippen LogP contribution in [0.1, 0.15) is 30.0 Å². The van der Waals surface area contributed by atoms with Gasteiger partial charge in [-0.1, -0.05) is 29.8 Å². The summed E-state index contributed by atoms with van der Waals surface area (Å²) in [5.74, 6) is 0.910. The molecule has 3 rings (SSSR count). The zero-order valence-electron chi connectivity index (χ0n) is 10.1. The van der Waals surface area contributed by atoms with E-state index in [-0.39, 0.29) is 6.04 Å². The molecule has 0 aliphatic carbocycles. The van der Waals surface area contributed by atoms with Crippen LogP contribution in [0.15, 0.2) is 29.3 Å². The van der Waals surface area contributed by atoms with Crippen molar-refractivity contribution >= 4 is 5.90 Å². The average Bonchev–Trinajstić information content (AvgIpc) is 3.00. The molecular weight excluding hydrogens is 212 g/mol. The van der Waals surface area contributed by atoms with Crippen molar-refractivity contribution in [1.29, 1.82) is 0 Å². The molecule has 0 saturated carbocycles. The third-order valence-electron chi connectivity index (χ3n) is 3.49. The normalized spacial score (nSPS) is 27.9. The summed E-state index contributed by atoms with van der Waals surface area (Å²) in [7, 11) is 0. The van der Waals surface area contributed by atoms with Crippen LogP contribution < -0.4 is 5.32 Å². The van der Waals surface area contributed by atoms with Gasteiger partial charge in [0.2, 0.25) is 5.90 Å². The van der Waals surface area contributed by atoms with E-state index in [1.807, 2.05) is 0 Å². The van der Waals surface area contributed by atoms with Gasteiger partial charge in [0.25, 0.3) is 0 Å².